The van der Waals surface area contributed by atoms with Crippen LogP contribution in [0.2, 0.25) is 10.0 Å². The molecule has 1 N–H and O–H groups in total. The van der Waals surface area contributed by atoms with Crippen LogP contribution in [-0.4, -0.2) is 36.2 Å². The van der Waals surface area contributed by atoms with Gasteiger partial charge >= 0.3 is 5.97 Å². The number of nitro groups is 1. The molecule has 0 radical (unpaired) electrons. The van der Waals surface area contributed by atoms with E-state index in [1.807, 2.05) is 0 Å². The minimum atomic E-state index is -0.681. The zero-order valence-electron chi connectivity index (χ0n) is 18.8. The van der Waals surface area contributed by atoms with Crippen molar-refractivity contribution in [3.8, 4) is 17.2 Å². The molecule has 0 fully saturated rings. The van der Waals surface area contributed by atoms with Crippen LogP contribution in [0, 0.1) is 10.1 Å². The molecular formula is C24H19Cl2N3O7. The summed E-state index contributed by atoms with van der Waals surface area (Å²) >= 11 is 11.9. The van der Waals surface area contributed by atoms with Gasteiger partial charge in [0, 0.05) is 17.2 Å². The molecule has 0 aliphatic carbocycles. The van der Waals surface area contributed by atoms with Crippen molar-refractivity contribution in [2.24, 2.45) is 5.10 Å². The fraction of sp³-hybridized carbons (Fsp3) is 0.125. The number of nitrogens with one attached hydrogen (secondary N) is 1. The predicted molar refractivity (Wildman–Crippen MR) is 133 cm³/mol. The molecule has 186 valence electrons. The Hall–Kier alpha value is -4.15. The van der Waals surface area contributed by atoms with E-state index in [0.29, 0.717) is 22.9 Å². The highest BCUT2D eigenvalue weighted by Gasteiger charge is 2.16. The Balaban J connectivity index is 1.59. The monoisotopic (exact) mass is 531 g/mol. The summed E-state index contributed by atoms with van der Waals surface area (Å²) in [4.78, 5) is 34.6. The Kier molecular flexibility index (Phi) is 9.20. The van der Waals surface area contributed by atoms with Crippen molar-refractivity contribution < 1.29 is 28.7 Å². The van der Waals surface area contributed by atoms with Gasteiger partial charge in [0.1, 0.15) is 5.75 Å². The van der Waals surface area contributed by atoms with Gasteiger partial charge in [-0.05, 0) is 61.0 Å². The van der Waals surface area contributed by atoms with Crippen LogP contribution in [0.25, 0.3) is 0 Å². The maximum Gasteiger partial charge on any atom is 0.345 e. The number of benzene rings is 3. The first-order chi connectivity index (χ1) is 17.3. The molecule has 0 aliphatic heterocycles. The number of carbonyl (C=O) groups excluding carboxylic acids is 2. The number of esters is 1. The van der Waals surface area contributed by atoms with E-state index >= 15 is 0 Å². The van der Waals surface area contributed by atoms with Gasteiger partial charge in [-0.2, -0.15) is 5.10 Å². The lowest BCUT2D eigenvalue weighted by molar-refractivity contribution is -0.384. The number of halogens is 2. The van der Waals surface area contributed by atoms with Gasteiger partial charge in [-0.3, -0.25) is 14.9 Å². The van der Waals surface area contributed by atoms with Crippen molar-refractivity contribution in [1.82, 2.24) is 5.43 Å². The van der Waals surface area contributed by atoms with Gasteiger partial charge in [0.05, 0.1) is 28.3 Å². The summed E-state index contributed by atoms with van der Waals surface area (Å²) < 4.78 is 16.3. The number of nitrogens with zero attached hydrogens (tertiary/aromatic N) is 2. The largest absolute Gasteiger partial charge is 0.490 e. The number of carbonyl (C=O) groups is 2. The quantitative estimate of drug-likeness (QED) is 0.127. The standard InChI is InChI=1S/C24H19Cl2N3O7/c1-2-34-22-11-15(3-10-21(22)36-24(31)19-9-4-16(25)12-20(19)26)13-27-28-23(30)14-35-18-7-5-17(6-8-18)29(32)33/h3-13H,2,14H2,1H3,(H,28,30)/b27-13-. The van der Waals surface area contributed by atoms with Gasteiger partial charge in [-0.25, -0.2) is 10.2 Å². The Bertz CT molecular complexity index is 1300. The van der Waals surface area contributed by atoms with Crippen molar-refractivity contribution in [1.29, 1.82) is 0 Å². The van der Waals surface area contributed by atoms with Gasteiger partial charge in [-0.1, -0.05) is 23.2 Å². The number of hydrogen-bond donors (Lipinski definition) is 1. The molecule has 0 saturated heterocycles. The van der Waals surface area contributed by atoms with Gasteiger partial charge in [0.15, 0.2) is 18.1 Å². The molecule has 12 heteroatoms. The lowest BCUT2D eigenvalue weighted by Crippen LogP contribution is -2.24. The highest BCUT2D eigenvalue weighted by molar-refractivity contribution is 6.36. The van der Waals surface area contributed by atoms with Crippen molar-refractivity contribution in [3.63, 3.8) is 0 Å². The molecule has 1 amide bonds. The highest BCUT2D eigenvalue weighted by Crippen LogP contribution is 2.30. The third-order valence-electron chi connectivity index (χ3n) is 4.44. The first-order valence-corrected chi connectivity index (χ1v) is 11.2. The number of non-ortho nitro benzene ring substituents is 1. The molecule has 10 nitrogen and oxygen atoms in total. The Morgan fingerprint density at radius 2 is 1.78 bits per heavy atom. The predicted octanol–water partition coefficient (Wildman–Crippen LogP) is 5.05. The highest BCUT2D eigenvalue weighted by atomic mass is 35.5. The molecular weight excluding hydrogens is 513 g/mol. The first-order valence-electron chi connectivity index (χ1n) is 10.4. The Morgan fingerprint density at radius 3 is 2.44 bits per heavy atom. The number of amides is 1. The Labute approximate surface area is 215 Å². The second-order valence-electron chi connectivity index (χ2n) is 6.99. The summed E-state index contributed by atoms with van der Waals surface area (Å²) in [5.74, 6) is -0.469. The molecule has 0 bridgehead atoms. The van der Waals surface area contributed by atoms with Gasteiger partial charge < -0.3 is 14.2 Å². The molecule has 0 atom stereocenters. The van der Waals surface area contributed by atoms with E-state index in [9.17, 15) is 19.7 Å². The molecule has 3 aromatic carbocycles. The van der Waals surface area contributed by atoms with Gasteiger partial charge in [0.25, 0.3) is 11.6 Å². The first kappa shape index (κ1) is 26.5. The number of hydrazone groups is 1. The second-order valence-corrected chi connectivity index (χ2v) is 7.83. The van der Waals surface area contributed by atoms with E-state index in [4.69, 9.17) is 37.4 Å². The SMILES string of the molecule is CCOc1cc(/C=N\NC(=O)COc2ccc([N+](=O)[O-])cc2)ccc1OC(=O)c1ccc(Cl)cc1Cl. The second kappa shape index (κ2) is 12.5. The molecule has 0 unspecified atom stereocenters. The zero-order chi connectivity index (χ0) is 26.1. The van der Waals surface area contributed by atoms with E-state index in [2.05, 4.69) is 10.5 Å². The van der Waals surface area contributed by atoms with Crippen LogP contribution >= 0.6 is 23.2 Å². The van der Waals surface area contributed by atoms with Crippen LogP contribution in [0.1, 0.15) is 22.8 Å². The van der Waals surface area contributed by atoms with Crippen molar-refractivity contribution in [2.45, 2.75) is 6.92 Å². The zero-order valence-corrected chi connectivity index (χ0v) is 20.3. The van der Waals surface area contributed by atoms with Gasteiger partial charge in [-0.15, -0.1) is 0 Å². The number of rotatable bonds is 10. The van der Waals surface area contributed by atoms with E-state index in [1.165, 1.54) is 54.7 Å². The molecule has 0 aromatic heterocycles. The minimum absolute atomic E-state index is 0.0858. The van der Waals surface area contributed by atoms with E-state index < -0.39 is 16.8 Å². The van der Waals surface area contributed by atoms with Gasteiger partial charge in [0.2, 0.25) is 0 Å². The van der Waals surface area contributed by atoms with E-state index in [1.54, 1.807) is 19.1 Å². The molecule has 0 spiro atoms. The van der Waals surface area contributed by atoms with Crippen LogP contribution in [0.4, 0.5) is 5.69 Å². The maximum atomic E-state index is 12.5. The van der Waals surface area contributed by atoms with E-state index in [-0.39, 0.29) is 34.4 Å². The number of nitro benzene ring substituents is 1. The molecule has 36 heavy (non-hydrogen) atoms. The molecule has 3 aromatic rings. The molecule has 3 rings (SSSR count). The fourth-order valence-corrected chi connectivity index (χ4v) is 3.28. The third kappa shape index (κ3) is 7.42. The third-order valence-corrected chi connectivity index (χ3v) is 4.99. The minimum Gasteiger partial charge on any atom is -0.490 e. The Morgan fingerprint density at radius 1 is 1.03 bits per heavy atom. The molecule has 0 aliphatic rings. The van der Waals surface area contributed by atoms with E-state index in [0.717, 1.165) is 0 Å². The lowest BCUT2D eigenvalue weighted by Gasteiger charge is -2.12. The summed E-state index contributed by atoms with van der Waals surface area (Å²) in [5, 5.41) is 15.1. The van der Waals surface area contributed by atoms with Crippen LogP contribution < -0.4 is 19.6 Å². The normalized spacial score (nSPS) is 10.6. The number of hydrogen-bond acceptors (Lipinski definition) is 8. The maximum absolute atomic E-state index is 12.5. The summed E-state index contributed by atoms with van der Waals surface area (Å²) in [6.45, 7) is 1.73. The fourth-order valence-electron chi connectivity index (χ4n) is 2.79. The molecule has 0 heterocycles. The van der Waals surface area contributed by atoms with Crippen molar-refractivity contribution in [2.75, 3.05) is 13.2 Å². The summed E-state index contributed by atoms with van der Waals surface area (Å²) in [6.07, 6.45) is 1.37. The topological polar surface area (TPSA) is 129 Å². The van der Waals surface area contributed by atoms with Crippen LogP contribution in [-0.2, 0) is 4.79 Å². The lowest BCUT2D eigenvalue weighted by atomic mass is 10.2. The van der Waals surface area contributed by atoms with Crippen LogP contribution in [0.5, 0.6) is 17.2 Å². The smallest absolute Gasteiger partial charge is 0.345 e. The van der Waals surface area contributed by atoms with Crippen molar-refractivity contribution >= 4 is 47.0 Å². The average molecular weight is 532 g/mol. The van der Waals surface area contributed by atoms with Crippen molar-refractivity contribution in [3.05, 3.63) is 92.0 Å². The summed E-state index contributed by atoms with van der Waals surface area (Å²) in [6, 6.07) is 14.5. The summed E-state index contributed by atoms with van der Waals surface area (Å²) in [5.41, 5.74) is 2.92. The molecule has 0 saturated carbocycles. The number of ether oxygens (including phenoxy) is 3. The average Bonchev–Trinajstić information content (AvgIpc) is 2.84. The van der Waals surface area contributed by atoms with Crippen LogP contribution in [0.3, 0.4) is 0 Å². The van der Waals surface area contributed by atoms with Crippen LogP contribution in [0.15, 0.2) is 65.8 Å². The summed E-state index contributed by atoms with van der Waals surface area (Å²) in [7, 11) is 0.